The van der Waals surface area contributed by atoms with Crippen molar-refractivity contribution >= 4 is 17.3 Å². The molecule has 1 fully saturated rings. The number of anilines is 1. The molecule has 2 aromatic carbocycles. The monoisotopic (exact) mass is 401 g/mol. The zero-order valence-electron chi connectivity index (χ0n) is 16.3. The molecule has 7 nitrogen and oxygen atoms in total. The molecule has 1 aliphatic heterocycles. The number of rotatable bonds is 6. The van der Waals surface area contributed by atoms with Crippen LogP contribution in [-0.2, 0) is 4.79 Å². The van der Waals surface area contributed by atoms with Crippen molar-refractivity contribution in [2.45, 2.75) is 31.7 Å². The van der Waals surface area contributed by atoms with Crippen LogP contribution in [-0.4, -0.2) is 35.9 Å². The fraction of sp³-hybridized carbons (Fsp3) is 0.381. The van der Waals surface area contributed by atoms with Crippen LogP contribution in [0.2, 0.25) is 0 Å². The summed E-state index contributed by atoms with van der Waals surface area (Å²) in [6.45, 7) is 0.862. The van der Waals surface area contributed by atoms with Crippen LogP contribution in [0.5, 0.6) is 5.75 Å². The van der Waals surface area contributed by atoms with Gasteiger partial charge in [-0.2, -0.15) is 0 Å². The molecule has 0 saturated carbocycles. The van der Waals surface area contributed by atoms with Gasteiger partial charge in [-0.25, -0.2) is 4.39 Å². The molecule has 154 valence electrons. The van der Waals surface area contributed by atoms with Gasteiger partial charge in [0.05, 0.1) is 24.6 Å². The van der Waals surface area contributed by atoms with Crippen LogP contribution in [0.15, 0.2) is 42.5 Å². The number of methoxy groups -OCH3 is 1. The van der Waals surface area contributed by atoms with Gasteiger partial charge in [0, 0.05) is 6.04 Å². The van der Waals surface area contributed by atoms with Crippen molar-refractivity contribution in [3.63, 3.8) is 0 Å². The second-order valence-electron chi connectivity index (χ2n) is 7.08. The highest BCUT2D eigenvalue weighted by Gasteiger charge is 2.25. The second-order valence-corrected chi connectivity index (χ2v) is 7.08. The van der Waals surface area contributed by atoms with E-state index in [9.17, 15) is 19.3 Å². The molecule has 29 heavy (non-hydrogen) atoms. The molecule has 8 heteroatoms. The molecule has 1 atom stereocenters. The van der Waals surface area contributed by atoms with Crippen molar-refractivity contribution in [3.05, 3.63) is 64.0 Å². The van der Waals surface area contributed by atoms with E-state index in [1.54, 1.807) is 7.11 Å². The van der Waals surface area contributed by atoms with E-state index in [4.69, 9.17) is 4.74 Å². The van der Waals surface area contributed by atoms with Crippen LogP contribution in [0, 0.1) is 15.9 Å². The van der Waals surface area contributed by atoms with Gasteiger partial charge in [-0.15, -0.1) is 0 Å². The predicted octanol–water partition coefficient (Wildman–Crippen LogP) is 4.30. The minimum Gasteiger partial charge on any atom is -0.497 e. The number of benzene rings is 2. The number of ether oxygens (including phenoxy) is 1. The molecule has 1 saturated heterocycles. The molecule has 0 aliphatic carbocycles. The van der Waals surface area contributed by atoms with Crippen molar-refractivity contribution in [3.8, 4) is 5.75 Å². The normalized spacial score (nSPS) is 17.4. The highest BCUT2D eigenvalue weighted by molar-refractivity contribution is 5.94. The summed E-state index contributed by atoms with van der Waals surface area (Å²) in [7, 11) is 1.62. The van der Waals surface area contributed by atoms with E-state index in [0.29, 0.717) is 0 Å². The molecule has 3 rings (SSSR count). The Balaban J connectivity index is 1.75. The number of halogens is 1. The number of nitrogens with zero attached hydrogens (tertiary/aromatic N) is 2. The van der Waals surface area contributed by atoms with Crippen molar-refractivity contribution in [2.75, 3.05) is 25.5 Å². The zero-order valence-corrected chi connectivity index (χ0v) is 16.3. The van der Waals surface area contributed by atoms with Crippen molar-refractivity contribution < 1.29 is 18.8 Å². The first kappa shape index (κ1) is 20.7. The van der Waals surface area contributed by atoms with Gasteiger partial charge in [0.1, 0.15) is 17.3 Å². The molecule has 0 unspecified atom stereocenters. The Bertz CT molecular complexity index is 873. The van der Waals surface area contributed by atoms with Gasteiger partial charge in [-0.3, -0.25) is 19.8 Å². The summed E-state index contributed by atoms with van der Waals surface area (Å²) in [6.07, 6.45) is 4.07. The van der Waals surface area contributed by atoms with Gasteiger partial charge < -0.3 is 10.1 Å². The van der Waals surface area contributed by atoms with Gasteiger partial charge in [0.2, 0.25) is 5.91 Å². The van der Waals surface area contributed by atoms with E-state index in [1.807, 2.05) is 24.3 Å². The van der Waals surface area contributed by atoms with Gasteiger partial charge in [-0.05, 0) is 49.2 Å². The van der Waals surface area contributed by atoms with Gasteiger partial charge >= 0.3 is 0 Å². The topological polar surface area (TPSA) is 84.7 Å². The Morgan fingerprint density at radius 2 is 2.00 bits per heavy atom. The van der Waals surface area contributed by atoms with Crippen molar-refractivity contribution in [1.82, 2.24) is 4.90 Å². The highest BCUT2D eigenvalue weighted by atomic mass is 19.1. The van der Waals surface area contributed by atoms with Crippen LogP contribution in [0.25, 0.3) is 0 Å². The molecular weight excluding hydrogens is 377 g/mol. The van der Waals surface area contributed by atoms with Crippen LogP contribution < -0.4 is 10.1 Å². The number of hydrogen-bond donors (Lipinski definition) is 1. The van der Waals surface area contributed by atoms with E-state index in [1.165, 1.54) is 6.07 Å². The average molecular weight is 401 g/mol. The molecule has 0 radical (unpaired) electrons. The average Bonchev–Trinajstić information content (AvgIpc) is 2.94. The van der Waals surface area contributed by atoms with Crippen LogP contribution in [0.1, 0.15) is 37.3 Å². The Morgan fingerprint density at radius 1 is 1.24 bits per heavy atom. The van der Waals surface area contributed by atoms with Crippen molar-refractivity contribution in [2.24, 2.45) is 0 Å². The molecule has 1 amide bonds. The lowest BCUT2D eigenvalue weighted by molar-refractivity contribution is -0.384. The lowest BCUT2D eigenvalue weighted by Crippen LogP contribution is -2.36. The van der Waals surface area contributed by atoms with Crippen LogP contribution >= 0.6 is 0 Å². The summed E-state index contributed by atoms with van der Waals surface area (Å²) in [4.78, 5) is 25.2. The summed E-state index contributed by atoms with van der Waals surface area (Å²) in [5.41, 5.74) is 0.645. The summed E-state index contributed by atoms with van der Waals surface area (Å²) in [5, 5.41) is 13.7. The lowest BCUT2D eigenvalue weighted by atomic mass is 10.0. The van der Waals surface area contributed by atoms with Crippen LogP contribution in [0.3, 0.4) is 0 Å². The molecule has 0 bridgehead atoms. The minimum absolute atomic E-state index is 0.00257. The summed E-state index contributed by atoms with van der Waals surface area (Å²) in [5.74, 6) is -0.308. The first-order valence-electron chi connectivity index (χ1n) is 9.59. The standard InChI is InChI=1S/C21H24FN3O4/c1-29-17-9-6-15(7-10-17)19-5-3-2-4-12-24(19)14-21(26)23-18-11-8-16(22)13-20(18)25(27)28/h6-11,13,19H,2-5,12,14H2,1H3,(H,23,26)/t19-/m0/s1. The van der Waals surface area contributed by atoms with Gasteiger partial charge in [0.25, 0.3) is 5.69 Å². The largest absolute Gasteiger partial charge is 0.497 e. The molecule has 0 spiro atoms. The highest BCUT2D eigenvalue weighted by Crippen LogP contribution is 2.31. The Labute approximate surface area is 168 Å². The number of nitrogens with one attached hydrogen (secondary N) is 1. The fourth-order valence-corrected chi connectivity index (χ4v) is 3.70. The Hall–Kier alpha value is -3.00. The first-order valence-corrected chi connectivity index (χ1v) is 9.59. The number of likely N-dealkylation sites (tertiary alicyclic amines) is 1. The number of carbonyl (C=O) groups excluding carboxylic acids is 1. The predicted molar refractivity (Wildman–Crippen MR) is 107 cm³/mol. The number of nitro groups is 1. The lowest BCUT2D eigenvalue weighted by Gasteiger charge is -2.29. The maximum absolute atomic E-state index is 13.3. The number of hydrogen-bond acceptors (Lipinski definition) is 5. The smallest absolute Gasteiger partial charge is 0.295 e. The van der Waals surface area contributed by atoms with E-state index in [0.717, 1.165) is 55.7 Å². The Kier molecular flexibility index (Phi) is 6.77. The van der Waals surface area contributed by atoms with Gasteiger partial charge in [0.15, 0.2) is 0 Å². The zero-order chi connectivity index (χ0) is 20.8. The van der Waals surface area contributed by atoms with E-state index in [-0.39, 0.29) is 24.2 Å². The number of carbonyl (C=O) groups is 1. The second kappa shape index (κ2) is 9.47. The molecular formula is C21H24FN3O4. The van der Waals surface area contributed by atoms with Crippen molar-refractivity contribution in [1.29, 1.82) is 0 Å². The molecule has 2 aromatic rings. The van der Waals surface area contributed by atoms with E-state index in [2.05, 4.69) is 10.2 Å². The molecule has 1 aliphatic rings. The summed E-state index contributed by atoms with van der Waals surface area (Å²) < 4.78 is 18.5. The molecule has 1 N–H and O–H groups in total. The summed E-state index contributed by atoms with van der Waals surface area (Å²) in [6, 6.07) is 11.0. The number of nitro benzene ring substituents is 1. The third kappa shape index (κ3) is 5.29. The maximum Gasteiger partial charge on any atom is 0.295 e. The number of amides is 1. The summed E-state index contributed by atoms with van der Waals surface area (Å²) >= 11 is 0. The SMILES string of the molecule is COc1ccc([C@@H]2CCCCCN2CC(=O)Nc2ccc(F)cc2[N+](=O)[O-])cc1. The minimum atomic E-state index is -0.721. The fourth-order valence-electron chi connectivity index (χ4n) is 3.70. The third-order valence-corrected chi connectivity index (χ3v) is 5.14. The van der Waals surface area contributed by atoms with Gasteiger partial charge in [-0.1, -0.05) is 25.0 Å². The van der Waals surface area contributed by atoms with E-state index < -0.39 is 16.4 Å². The first-order chi connectivity index (χ1) is 14.0. The molecule has 0 aromatic heterocycles. The quantitative estimate of drug-likeness (QED) is 0.576. The molecule has 1 heterocycles. The Morgan fingerprint density at radius 3 is 2.69 bits per heavy atom. The third-order valence-electron chi connectivity index (χ3n) is 5.14. The maximum atomic E-state index is 13.3. The van der Waals surface area contributed by atoms with Crippen LogP contribution in [0.4, 0.5) is 15.8 Å². The van der Waals surface area contributed by atoms with E-state index >= 15 is 0 Å².